The molecular formula is C12H25NO2. The number of hydrogen-bond acceptors (Lipinski definition) is 3. The van der Waals surface area contributed by atoms with E-state index in [1.165, 1.54) is 19.3 Å². The molecule has 3 nitrogen and oxygen atoms in total. The Morgan fingerprint density at radius 2 is 2.00 bits per heavy atom. The molecule has 0 saturated heterocycles. The van der Waals surface area contributed by atoms with Gasteiger partial charge in [-0.05, 0) is 37.1 Å². The largest absolute Gasteiger partial charge is 0.385 e. The summed E-state index contributed by atoms with van der Waals surface area (Å²) in [6.07, 6.45) is 3.93. The maximum atomic E-state index is 5.14. The van der Waals surface area contributed by atoms with Crippen molar-refractivity contribution in [3.05, 3.63) is 0 Å². The van der Waals surface area contributed by atoms with Gasteiger partial charge in [0.1, 0.15) is 0 Å². The molecule has 1 rings (SSSR count). The summed E-state index contributed by atoms with van der Waals surface area (Å²) in [7, 11) is 3.54. The molecule has 0 bridgehead atoms. The van der Waals surface area contributed by atoms with Crippen LogP contribution in [0.2, 0.25) is 0 Å². The first kappa shape index (κ1) is 12.9. The summed E-state index contributed by atoms with van der Waals surface area (Å²) in [6.45, 7) is 6.16. The minimum absolute atomic E-state index is 0.558. The van der Waals surface area contributed by atoms with Crippen LogP contribution in [0.1, 0.15) is 26.2 Å². The summed E-state index contributed by atoms with van der Waals surface area (Å²) >= 11 is 0. The molecule has 0 radical (unpaired) electrons. The van der Waals surface area contributed by atoms with Crippen LogP contribution in [0.4, 0.5) is 0 Å². The molecule has 0 aromatic rings. The van der Waals surface area contributed by atoms with E-state index < -0.39 is 0 Å². The lowest BCUT2D eigenvalue weighted by molar-refractivity contribution is 0.153. The van der Waals surface area contributed by atoms with Gasteiger partial charge in [-0.1, -0.05) is 6.92 Å². The second-order valence-electron chi connectivity index (χ2n) is 4.93. The van der Waals surface area contributed by atoms with Crippen LogP contribution in [0, 0.1) is 11.3 Å². The van der Waals surface area contributed by atoms with Crippen LogP contribution in [0.5, 0.6) is 0 Å². The van der Waals surface area contributed by atoms with Crippen LogP contribution in [-0.2, 0) is 9.47 Å². The van der Waals surface area contributed by atoms with Gasteiger partial charge in [-0.2, -0.15) is 0 Å². The lowest BCUT2D eigenvalue weighted by Crippen LogP contribution is -2.30. The Labute approximate surface area is 93.5 Å². The topological polar surface area (TPSA) is 30.5 Å². The van der Waals surface area contributed by atoms with Crippen molar-refractivity contribution in [3.63, 3.8) is 0 Å². The summed E-state index contributed by atoms with van der Waals surface area (Å²) in [4.78, 5) is 0. The Balaban J connectivity index is 2.04. The monoisotopic (exact) mass is 215 g/mol. The minimum Gasteiger partial charge on any atom is -0.385 e. The predicted molar refractivity (Wildman–Crippen MR) is 62.1 cm³/mol. The Morgan fingerprint density at radius 3 is 2.53 bits per heavy atom. The standard InChI is InChI=1S/C12H25NO2/c1-11(9-15-3)8-13-10-12(4-5-12)6-7-14-2/h11,13H,4-10H2,1-3H3. The Kier molecular flexibility index (Phi) is 5.58. The van der Waals surface area contributed by atoms with Crippen LogP contribution < -0.4 is 5.32 Å². The fourth-order valence-corrected chi connectivity index (χ4v) is 1.94. The molecule has 1 aliphatic rings. The third kappa shape index (κ3) is 4.96. The molecule has 15 heavy (non-hydrogen) atoms. The fraction of sp³-hybridized carbons (Fsp3) is 1.00. The van der Waals surface area contributed by atoms with Gasteiger partial charge in [-0.25, -0.2) is 0 Å². The van der Waals surface area contributed by atoms with Crippen LogP contribution in [0.3, 0.4) is 0 Å². The molecule has 0 spiro atoms. The van der Waals surface area contributed by atoms with E-state index in [0.29, 0.717) is 11.3 Å². The first-order valence-corrected chi connectivity index (χ1v) is 5.91. The smallest absolute Gasteiger partial charge is 0.0499 e. The summed E-state index contributed by atoms with van der Waals surface area (Å²) in [5.74, 6) is 0.605. The van der Waals surface area contributed by atoms with E-state index in [9.17, 15) is 0 Å². The van der Waals surface area contributed by atoms with E-state index in [1.54, 1.807) is 14.2 Å². The van der Waals surface area contributed by atoms with Gasteiger partial charge in [0.15, 0.2) is 0 Å². The van der Waals surface area contributed by atoms with E-state index in [1.807, 2.05) is 0 Å². The first-order chi connectivity index (χ1) is 7.22. The molecule has 0 amide bonds. The Hall–Kier alpha value is -0.120. The third-order valence-corrected chi connectivity index (χ3v) is 3.24. The summed E-state index contributed by atoms with van der Waals surface area (Å²) in [5.41, 5.74) is 0.558. The van der Waals surface area contributed by atoms with E-state index >= 15 is 0 Å². The van der Waals surface area contributed by atoms with Gasteiger partial charge in [0, 0.05) is 34.0 Å². The van der Waals surface area contributed by atoms with Crippen molar-refractivity contribution in [2.24, 2.45) is 11.3 Å². The van der Waals surface area contributed by atoms with Crippen molar-refractivity contribution >= 4 is 0 Å². The van der Waals surface area contributed by atoms with Gasteiger partial charge in [-0.15, -0.1) is 0 Å². The van der Waals surface area contributed by atoms with Gasteiger partial charge in [-0.3, -0.25) is 0 Å². The number of hydrogen-bond donors (Lipinski definition) is 1. The third-order valence-electron chi connectivity index (χ3n) is 3.24. The second-order valence-corrected chi connectivity index (χ2v) is 4.93. The molecule has 1 N–H and O–H groups in total. The molecule has 1 fully saturated rings. The quantitative estimate of drug-likeness (QED) is 0.635. The van der Waals surface area contributed by atoms with Crippen molar-refractivity contribution in [3.8, 4) is 0 Å². The number of ether oxygens (including phenoxy) is 2. The van der Waals surface area contributed by atoms with Gasteiger partial charge in [0.2, 0.25) is 0 Å². The molecular weight excluding hydrogens is 190 g/mol. The van der Waals surface area contributed by atoms with Crippen molar-refractivity contribution in [1.29, 1.82) is 0 Å². The van der Waals surface area contributed by atoms with Crippen LogP contribution >= 0.6 is 0 Å². The highest BCUT2D eigenvalue weighted by molar-refractivity contribution is 4.94. The van der Waals surface area contributed by atoms with E-state index in [-0.39, 0.29) is 0 Å². The zero-order valence-electron chi connectivity index (χ0n) is 10.3. The van der Waals surface area contributed by atoms with E-state index in [0.717, 1.165) is 26.3 Å². The van der Waals surface area contributed by atoms with Crippen molar-refractivity contribution in [2.75, 3.05) is 40.5 Å². The van der Waals surface area contributed by atoms with Crippen LogP contribution in [0.25, 0.3) is 0 Å². The summed E-state index contributed by atoms with van der Waals surface area (Å²) < 4.78 is 10.2. The number of nitrogens with one attached hydrogen (secondary N) is 1. The lowest BCUT2D eigenvalue weighted by Gasteiger charge is -2.17. The molecule has 0 aliphatic heterocycles. The molecule has 1 unspecified atom stereocenters. The highest BCUT2D eigenvalue weighted by atomic mass is 16.5. The number of methoxy groups -OCH3 is 2. The average Bonchev–Trinajstić information content (AvgIpc) is 2.96. The summed E-state index contributed by atoms with van der Waals surface area (Å²) in [6, 6.07) is 0. The number of rotatable bonds is 9. The molecule has 1 atom stereocenters. The SMILES string of the molecule is COCCC1(CNCC(C)COC)CC1. The predicted octanol–water partition coefficient (Wildman–Crippen LogP) is 1.68. The maximum Gasteiger partial charge on any atom is 0.0499 e. The Bertz CT molecular complexity index is 169. The van der Waals surface area contributed by atoms with Crippen LogP contribution in [0.15, 0.2) is 0 Å². The van der Waals surface area contributed by atoms with Gasteiger partial charge < -0.3 is 14.8 Å². The Morgan fingerprint density at radius 1 is 1.27 bits per heavy atom. The lowest BCUT2D eigenvalue weighted by atomic mass is 10.0. The summed E-state index contributed by atoms with van der Waals surface area (Å²) in [5, 5.41) is 3.55. The highest BCUT2D eigenvalue weighted by Crippen LogP contribution is 2.48. The molecule has 0 heterocycles. The first-order valence-electron chi connectivity index (χ1n) is 5.91. The molecule has 0 aromatic carbocycles. The van der Waals surface area contributed by atoms with Crippen molar-refractivity contribution < 1.29 is 9.47 Å². The maximum absolute atomic E-state index is 5.14. The molecule has 1 saturated carbocycles. The molecule has 90 valence electrons. The van der Waals surface area contributed by atoms with Gasteiger partial charge in [0.25, 0.3) is 0 Å². The van der Waals surface area contributed by atoms with E-state index in [2.05, 4.69) is 12.2 Å². The molecule has 3 heteroatoms. The molecule has 0 aromatic heterocycles. The minimum atomic E-state index is 0.558. The van der Waals surface area contributed by atoms with E-state index in [4.69, 9.17) is 9.47 Å². The van der Waals surface area contributed by atoms with Crippen LogP contribution in [-0.4, -0.2) is 40.5 Å². The van der Waals surface area contributed by atoms with Gasteiger partial charge >= 0.3 is 0 Å². The average molecular weight is 215 g/mol. The zero-order valence-corrected chi connectivity index (χ0v) is 10.3. The molecule has 1 aliphatic carbocycles. The zero-order chi connectivity index (χ0) is 11.1. The second kappa shape index (κ2) is 6.46. The fourth-order valence-electron chi connectivity index (χ4n) is 1.94. The van der Waals surface area contributed by atoms with Crippen molar-refractivity contribution in [2.45, 2.75) is 26.2 Å². The van der Waals surface area contributed by atoms with Gasteiger partial charge in [0.05, 0.1) is 0 Å². The van der Waals surface area contributed by atoms with Crippen molar-refractivity contribution in [1.82, 2.24) is 5.32 Å². The normalized spacial score (nSPS) is 20.2. The highest BCUT2D eigenvalue weighted by Gasteiger charge is 2.41.